The first kappa shape index (κ1) is 16.8. The average Bonchev–Trinajstić information content (AvgIpc) is 2.47. The summed E-state index contributed by atoms with van der Waals surface area (Å²) >= 11 is 1.02. The summed E-state index contributed by atoms with van der Waals surface area (Å²) in [6, 6.07) is 7.63. The minimum atomic E-state index is -2.88. The highest BCUT2D eigenvalue weighted by Gasteiger charge is 2.53. The molecule has 114 valence electrons. The first-order chi connectivity index (χ1) is 9.83. The average molecular weight is 312 g/mol. The highest BCUT2D eigenvalue weighted by atomic mass is 32.2. The van der Waals surface area contributed by atoms with Crippen molar-refractivity contribution in [1.29, 1.82) is 0 Å². The van der Waals surface area contributed by atoms with Gasteiger partial charge in [0.05, 0.1) is 5.40 Å². The van der Waals surface area contributed by atoms with Crippen LogP contribution in [0, 0.1) is 12.8 Å². The van der Waals surface area contributed by atoms with E-state index < -0.39 is 17.2 Å². The predicted octanol–water partition coefficient (Wildman–Crippen LogP) is 2.00. The molecule has 1 heterocycles. The third-order valence-electron chi connectivity index (χ3n) is 3.90. The number of alkyl halides is 2. The SMILES string of the molecule is BC(B)(OSc1ccc(C)cc1)C(F)(F)C1CCOCC1. The van der Waals surface area contributed by atoms with E-state index in [-0.39, 0.29) is 0 Å². The zero-order valence-electron chi connectivity index (χ0n) is 12.7. The number of hydrogen-bond donors (Lipinski definition) is 0. The molecule has 1 aromatic rings. The molecule has 2 rings (SSSR count). The van der Waals surface area contributed by atoms with Crippen molar-refractivity contribution in [1.82, 2.24) is 0 Å². The summed E-state index contributed by atoms with van der Waals surface area (Å²) in [7, 11) is 2.92. The lowest BCUT2D eigenvalue weighted by Gasteiger charge is -2.40. The Kier molecular flexibility index (Phi) is 5.38. The first-order valence-electron chi connectivity index (χ1n) is 7.21. The summed E-state index contributed by atoms with van der Waals surface area (Å²) in [4.78, 5) is 0.830. The van der Waals surface area contributed by atoms with Crippen molar-refractivity contribution < 1.29 is 17.7 Å². The maximum Gasteiger partial charge on any atom is 0.265 e. The van der Waals surface area contributed by atoms with E-state index in [0.29, 0.717) is 26.1 Å². The summed E-state index contributed by atoms with van der Waals surface area (Å²) in [5.41, 5.74) is 1.13. The lowest BCUT2D eigenvalue weighted by Crippen LogP contribution is -2.55. The minimum absolute atomic E-state index is 0.384. The Bertz CT molecular complexity index is 463. The van der Waals surface area contributed by atoms with Crippen LogP contribution >= 0.6 is 12.0 Å². The van der Waals surface area contributed by atoms with Gasteiger partial charge in [-0.25, -0.2) is 8.78 Å². The van der Waals surface area contributed by atoms with Gasteiger partial charge in [-0.05, 0) is 31.9 Å². The van der Waals surface area contributed by atoms with Crippen LogP contribution in [0.1, 0.15) is 18.4 Å². The van der Waals surface area contributed by atoms with E-state index in [1.165, 1.54) is 15.7 Å². The van der Waals surface area contributed by atoms with Crippen molar-refractivity contribution in [2.45, 2.75) is 36.0 Å². The fraction of sp³-hybridized carbons (Fsp3) is 0.571. The second-order valence-corrected chi connectivity index (χ2v) is 6.80. The van der Waals surface area contributed by atoms with Gasteiger partial charge in [0.1, 0.15) is 15.7 Å². The van der Waals surface area contributed by atoms with Crippen molar-refractivity contribution >= 4 is 27.7 Å². The molecule has 2 nitrogen and oxygen atoms in total. The van der Waals surface area contributed by atoms with E-state index in [9.17, 15) is 8.78 Å². The molecule has 0 radical (unpaired) electrons. The fourth-order valence-electron chi connectivity index (χ4n) is 2.35. The van der Waals surface area contributed by atoms with Gasteiger partial charge < -0.3 is 8.92 Å². The topological polar surface area (TPSA) is 18.5 Å². The van der Waals surface area contributed by atoms with Gasteiger partial charge in [0.15, 0.2) is 0 Å². The van der Waals surface area contributed by atoms with Crippen LogP contribution in [0.15, 0.2) is 29.2 Å². The Morgan fingerprint density at radius 1 is 1.19 bits per heavy atom. The van der Waals surface area contributed by atoms with Gasteiger partial charge in [-0.1, -0.05) is 17.7 Å². The Labute approximate surface area is 131 Å². The summed E-state index contributed by atoms with van der Waals surface area (Å²) in [6.45, 7) is 2.79. The third-order valence-corrected chi connectivity index (χ3v) is 4.87. The van der Waals surface area contributed by atoms with Gasteiger partial charge in [0.25, 0.3) is 5.92 Å². The zero-order chi connectivity index (χ0) is 15.5. The summed E-state index contributed by atoms with van der Waals surface area (Å²) in [5.74, 6) is -3.56. The smallest absolute Gasteiger partial charge is 0.265 e. The van der Waals surface area contributed by atoms with Crippen LogP contribution in [0.5, 0.6) is 0 Å². The number of hydrogen-bond acceptors (Lipinski definition) is 3. The first-order valence-corrected chi connectivity index (χ1v) is 7.95. The lowest BCUT2D eigenvalue weighted by atomic mass is 9.58. The van der Waals surface area contributed by atoms with Crippen molar-refractivity contribution in [2.24, 2.45) is 5.92 Å². The van der Waals surface area contributed by atoms with Gasteiger partial charge >= 0.3 is 0 Å². The molecule has 0 bridgehead atoms. The minimum Gasteiger partial charge on any atom is -0.381 e. The van der Waals surface area contributed by atoms with E-state index in [2.05, 4.69) is 0 Å². The van der Waals surface area contributed by atoms with Gasteiger partial charge in [0.2, 0.25) is 0 Å². The van der Waals surface area contributed by atoms with Crippen LogP contribution in [0.2, 0.25) is 0 Å². The van der Waals surface area contributed by atoms with Crippen LogP contribution in [0.25, 0.3) is 0 Å². The van der Waals surface area contributed by atoms with Crippen molar-refractivity contribution in [2.75, 3.05) is 13.2 Å². The van der Waals surface area contributed by atoms with Crippen LogP contribution in [0.4, 0.5) is 8.78 Å². The Balaban J connectivity index is 2.00. The number of halogens is 2. The highest BCUT2D eigenvalue weighted by molar-refractivity contribution is 7.94. The molecule has 0 spiro atoms. The molecule has 1 fully saturated rings. The zero-order valence-corrected chi connectivity index (χ0v) is 13.5. The van der Waals surface area contributed by atoms with Gasteiger partial charge in [-0.15, -0.1) is 0 Å². The molecule has 0 aromatic heterocycles. The molecular weight excluding hydrogens is 292 g/mol. The van der Waals surface area contributed by atoms with Crippen LogP contribution in [-0.2, 0) is 8.92 Å². The van der Waals surface area contributed by atoms with Crippen molar-refractivity contribution in [3.8, 4) is 0 Å². The van der Waals surface area contributed by atoms with Crippen LogP contribution in [0.3, 0.4) is 0 Å². The lowest BCUT2D eigenvalue weighted by molar-refractivity contribution is -0.144. The van der Waals surface area contributed by atoms with E-state index in [4.69, 9.17) is 8.92 Å². The monoisotopic (exact) mass is 312 g/mol. The molecule has 0 unspecified atom stereocenters. The largest absolute Gasteiger partial charge is 0.381 e. The van der Waals surface area contributed by atoms with E-state index in [0.717, 1.165) is 22.5 Å². The van der Waals surface area contributed by atoms with Crippen molar-refractivity contribution in [3.63, 3.8) is 0 Å². The van der Waals surface area contributed by atoms with Gasteiger partial charge in [-0.2, -0.15) is 0 Å². The molecular formula is C14H20B2F2O2S. The molecule has 1 aliphatic rings. The highest BCUT2D eigenvalue weighted by Crippen LogP contribution is 2.42. The summed E-state index contributed by atoms with van der Waals surface area (Å²) in [6.07, 6.45) is 0.768. The molecule has 7 heteroatoms. The molecule has 21 heavy (non-hydrogen) atoms. The number of aryl methyl sites for hydroxylation is 1. The quantitative estimate of drug-likeness (QED) is 0.612. The Morgan fingerprint density at radius 2 is 1.76 bits per heavy atom. The number of benzene rings is 1. The molecule has 0 aliphatic carbocycles. The Hall–Kier alpha value is -0.520. The Morgan fingerprint density at radius 3 is 2.33 bits per heavy atom. The van der Waals surface area contributed by atoms with Crippen LogP contribution < -0.4 is 0 Å². The third kappa shape index (κ3) is 4.02. The van der Waals surface area contributed by atoms with E-state index in [1.807, 2.05) is 31.2 Å². The van der Waals surface area contributed by atoms with Gasteiger partial charge in [0, 0.05) is 36.1 Å². The molecule has 0 saturated carbocycles. The molecule has 0 atom stereocenters. The normalized spacial score (nSPS) is 17.9. The van der Waals surface area contributed by atoms with Crippen LogP contribution in [-0.4, -0.2) is 40.2 Å². The molecule has 1 aliphatic heterocycles. The second kappa shape index (κ2) is 6.71. The standard InChI is InChI=1S/C14H20B2F2O2S/c1-10-2-4-12(5-3-10)21-20-14(15,16)13(17,18)11-6-8-19-9-7-11/h2-5,11H,6-9,15-16H2,1H3. The number of rotatable bonds is 5. The summed E-state index contributed by atoms with van der Waals surface area (Å²) in [5, 5.41) is -1.52. The number of ether oxygens (including phenoxy) is 1. The molecule has 1 saturated heterocycles. The second-order valence-electron chi connectivity index (χ2n) is 6.00. The van der Waals surface area contributed by atoms with E-state index in [1.54, 1.807) is 0 Å². The summed E-state index contributed by atoms with van der Waals surface area (Å²) < 4.78 is 40.0. The molecule has 0 amide bonds. The predicted molar refractivity (Wildman–Crippen MR) is 86.4 cm³/mol. The van der Waals surface area contributed by atoms with Crippen molar-refractivity contribution in [3.05, 3.63) is 29.8 Å². The molecule has 0 N–H and O–H groups in total. The van der Waals surface area contributed by atoms with Gasteiger partial charge in [-0.3, -0.25) is 0 Å². The molecule has 1 aromatic carbocycles. The maximum atomic E-state index is 14.7. The maximum absolute atomic E-state index is 14.7. The van der Waals surface area contributed by atoms with E-state index >= 15 is 0 Å². The fourth-order valence-corrected chi connectivity index (χ4v) is 3.02.